The molecule has 0 spiro atoms. The Morgan fingerprint density at radius 1 is 1.43 bits per heavy atom. The Morgan fingerprint density at radius 3 is 2.76 bits per heavy atom. The van der Waals surface area contributed by atoms with Crippen molar-refractivity contribution in [3.05, 3.63) is 29.8 Å². The number of hydrogen-bond donors (Lipinski definition) is 1. The van der Waals surface area contributed by atoms with Crippen LogP contribution in [-0.2, 0) is 14.6 Å². The molecule has 0 bridgehead atoms. The molecule has 1 aromatic carbocycles. The minimum absolute atomic E-state index is 0.0208. The number of rotatable bonds is 6. The zero-order chi connectivity index (χ0) is 15.5. The number of hydrogen-bond acceptors (Lipinski definition) is 5. The summed E-state index contributed by atoms with van der Waals surface area (Å²) in [6.07, 6.45) is 0.191. The lowest BCUT2D eigenvalue weighted by molar-refractivity contribution is 0.0692. The van der Waals surface area contributed by atoms with Crippen LogP contribution in [0.15, 0.2) is 24.3 Å². The Hall–Kier alpha value is -1.60. The van der Waals surface area contributed by atoms with E-state index in [9.17, 15) is 13.2 Å². The van der Waals surface area contributed by atoms with Gasteiger partial charge in [0, 0.05) is 6.61 Å². The van der Waals surface area contributed by atoms with Gasteiger partial charge in [-0.3, -0.25) is 0 Å². The molecule has 0 radical (unpaired) electrons. The number of benzene rings is 1. The number of para-hydroxylation sites is 1. The first-order valence-corrected chi connectivity index (χ1v) is 8.41. The smallest absolute Gasteiger partial charge is 0.339 e. The van der Waals surface area contributed by atoms with E-state index in [-0.39, 0.29) is 29.8 Å². The molecule has 1 aromatic rings. The molecule has 2 unspecified atom stereocenters. The van der Waals surface area contributed by atoms with Crippen molar-refractivity contribution in [3.8, 4) is 5.75 Å². The molecule has 2 rings (SSSR count). The first-order chi connectivity index (χ1) is 9.92. The summed E-state index contributed by atoms with van der Waals surface area (Å²) >= 11 is 0. The lowest BCUT2D eigenvalue weighted by Gasteiger charge is -2.15. The summed E-state index contributed by atoms with van der Waals surface area (Å²) in [5, 5.41) is 8.51. The van der Waals surface area contributed by atoms with Crippen molar-refractivity contribution in [2.45, 2.75) is 24.7 Å². The highest BCUT2D eigenvalue weighted by molar-refractivity contribution is 7.92. The van der Waals surface area contributed by atoms with Gasteiger partial charge in [-0.05, 0) is 25.5 Å². The maximum atomic E-state index is 12.2. The predicted octanol–water partition coefficient (Wildman–Crippen LogP) is 1.36. The van der Waals surface area contributed by atoms with Gasteiger partial charge in [0.05, 0.1) is 17.1 Å². The summed E-state index contributed by atoms with van der Waals surface area (Å²) in [6, 6.07) is 6.16. The van der Waals surface area contributed by atoms with Crippen LogP contribution in [0.25, 0.3) is 0 Å². The third-order valence-electron chi connectivity index (χ3n) is 3.51. The second-order valence-corrected chi connectivity index (χ2v) is 7.26. The molecule has 1 fully saturated rings. The van der Waals surface area contributed by atoms with Gasteiger partial charge in [-0.2, -0.15) is 0 Å². The van der Waals surface area contributed by atoms with Gasteiger partial charge in [-0.25, -0.2) is 13.2 Å². The van der Waals surface area contributed by atoms with Gasteiger partial charge in [0.1, 0.15) is 17.9 Å². The van der Waals surface area contributed by atoms with E-state index >= 15 is 0 Å². The number of aromatic carboxylic acids is 1. The molecule has 2 atom stereocenters. The van der Waals surface area contributed by atoms with Gasteiger partial charge < -0.3 is 14.6 Å². The average Bonchev–Trinajstić information content (AvgIpc) is 2.86. The quantitative estimate of drug-likeness (QED) is 0.852. The second-order valence-electron chi connectivity index (χ2n) is 4.92. The summed E-state index contributed by atoms with van der Waals surface area (Å²) in [4.78, 5) is 11.0. The third kappa shape index (κ3) is 3.74. The van der Waals surface area contributed by atoms with Gasteiger partial charge in [0.15, 0.2) is 9.84 Å². The summed E-state index contributed by atoms with van der Waals surface area (Å²) in [5.41, 5.74) is 0.0208. The number of carbonyl (C=O) groups is 1. The van der Waals surface area contributed by atoms with Crippen LogP contribution in [0.4, 0.5) is 0 Å². The fourth-order valence-electron chi connectivity index (χ4n) is 2.37. The molecule has 0 saturated carbocycles. The molecule has 6 nitrogen and oxygen atoms in total. The van der Waals surface area contributed by atoms with Crippen LogP contribution in [0.2, 0.25) is 0 Å². The molecule has 21 heavy (non-hydrogen) atoms. The fraction of sp³-hybridized carbons (Fsp3) is 0.500. The van der Waals surface area contributed by atoms with E-state index < -0.39 is 21.1 Å². The molecular formula is C14H18O6S. The van der Waals surface area contributed by atoms with E-state index in [4.69, 9.17) is 14.6 Å². The maximum absolute atomic E-state index is 12.2. The van der Waals surface area contributed by atoms with E-state index in [0.29, 0.717) is 13.0 Å². The van der Waals surface area contributed by atoms with E-state index in [2.05, 4.69) is 0 Å². The van der Waals surface area contributed by atoms with E-state index in [1.165, 1.54) is 12.1 Å². The number of carboxylic acid groups (broad SMARTS) is 1. The molecule has 0 aliphatic carbocycles. The van der Waals surface area contributed by atoms with Gasteiger partial charge in [0.25, 0.3) is 0 Å². The van der Waals surface area contributed by atoms with Gasteiger partial charge >= 0.3 is 5.97 Å². The minimum Gasteiger partial charge on any atom is -0.492 e. The summed E-state index contributed by atoms with van der Waals surface area (Å²) in [7, 11) is -3.31. The molecule has 0 amide bonds. The number of ether oxygens (including phenoxy) is 2. The highest BCUT2D eigenvalue weighted by Crippen LogP contribution is 2.22. The topological polar surface area (TPSA) is 89.9 Å². The Kier molecular flexibility index (Phi) is 4.84. The van der Waals surface area contributed by atoms with Crippen molar-refractivity contribution >= 4 is 15.8 Å². The van der Waals surface area contributed by atoms with E-state index in [1.807, 2.05) is 0 Å². The van der Waals surface area contributed by atoms with Crippen LogP contribution in [0.5, 0.6) is 5.75 Å². The van der Waals surface area contributed by atoms with Gasteiger partial charge in [0.2, 0.25) is 0 Å². The molecule has 1 N–H and O–H groups in total. The van der Waals surface area contributed by atoms with Crippen LogP contribution in [0.3, 0.4) is 0 Å². The summed E-state index contributed by atoms with van der Waals surface area (Å²) in [6.45, 7) is 2.12. The Balaban J connectivity index is 1.97. The molecule has 116 valence electrons. The Bertz CT molecular complexity index is 610. The first-order valence-electron chi connectivity index (χ1n) is 6.70. The Morgan fingerprint density at radius 2 is 2.14 bits per heavy atom. The van der Waals surface area contributed by atoms with E-state index in [1.54, 1.807) is 19.1 Å². The largest absolute Gasteiger partial charge is 0.492 e. The molecule has 0 aromatic heterocycles. The molecular weight excluding hydrogens is 296 g/mol. The molecule has 7 heteroatoms. The van der Waals surface area contributed by atoms with Crippen LogP contribution in [0.1, 0.15) is 23.7 Å². The summed E-state index contributed by atoms with van der Waals surface area (Å²) in [5.74, 6) is -1.08. The van der Waals surface area contributed by atoms with Crippen molar-refractivity contribution in [1.82, 2.24) is 0 Å². The normalized spacial score (nSPS) is 22.1. The van der Waals surface area contributed by atoms with Crippen molar-refractivity contribution in [2.75, 3.05) is 19.0 Å². The molecule has 1 aliphatic rings. The molecule has 1 heterocycles. The molecule has 1 saturated heterocycles. The summed E-state index contributed by atoms with van der Waals surface area (Å²) < 4.78 is 34.9. The SMILES string of the molecule is CC1OCCC1S(=O)(=O)CCOc1ccccc1C(=O)O. The van der Waals surface area contributed by atoms with Crippen molar-refractivity contribution in [3.63, 3.8) is 0 Å². The standard InChI is InChI=1S/C14H18O6S/c1-10-13(6-7-19-10)21(17,18)9-8-20-12-5-3-2-4-11(12)14(15)16/h2-5,10,13H,6-9H2,1H3,(H,15,16). The highest BCUT2D eigenvalue weighted by atomic mass is 32.2. The van der Waals surface area contributed by atoms with Crippen LogP contribution < -0.4 is 4.74 Å². The van der Waals surface area contributed by atoms with Crippen molar-refractivity contribution < 1.29 is 27.8 Å². The number of sulfone groups is 1. The van der Waals surface area contributed by atoms with Gasteiger partial charge in [-0.1, -0.05) is 12.1 Å². The van der Waals surface area contributed by atoms with E-state index in [0.717, 1.165) is 0 Å². The lowest BCUT2D eigenvalue weighted by atomic mass is 10.2. The van der Waals surface area contributed by atoms with Crippen LogP contribution in [0, 0.1) is 0 Å². The zero-order valence-electron chi connectivity index (χ0n) is 11.7. The fourth-order valence-corrected chi connectivity index (χ4v) is 4.11. The van der Waals surface area contributed by atoms with Crippen LogP contribution in [-0.4, -0.2) is 49.8 Å². The first kappa shape index (κ1) is 15.8. The maximum Gasteiger partial charge on any atom is 0.339 e. The lowest BCUT2D eigenvalue weighted by Crippen LogP contribution is -2.32. The average molecular weight is 314 g/mol. The number of carboxylic acids is 1. The van der Waals surface area contributed by atoms with Crippen molar-refractivity contribution in [2.24, 2.45) is 0 Å². The van der Waals surface area contributed by atoms with Crippen LogP contribution >= 0.6 is 0 Å². The Labute approximate surface area is 123 Å². The predicted molar refractivity (Wildman–Crippen MR) is 76.5 cm³/mol. The van der Waals surface area contributed by atoms with Crippen molar-refractivity contribution in [1.29, 1.82) is 0 Å². The minimum atomic E-state index is -3.31. The zero-order valence-corrected chi connectivity index (χ0v) is 12.5. The van der Waals surface area contributed by atoms with Gasteiger partial charge in [-0.15, -0.1) is 0 Å². The molecule has 1 aliphatic heterocycles. The second kappa shape index (κ2) is 6.44. The highest BCUT2D eigenvalue weighted by Gasteiger charge is 2.35. The third-order valence-corrected chi connectivity index (χ3v) is 5.79. The monoisotopic (exact) mass is 314 g/mol.